The first kappa shape index (κ1) is 14.0. The zero-order valence-corrected chi connectivity index (χ0v) is 12.6. The molecule has 1 saturated heterocycles. The highest BCUT2D eigenvalue weighted by Gasteiger charge is 2.41. The highest BCUT2D eigenvalue weighted by Crippen LogP contribution is 2.33. The summed E-state index contributed by atoms with van der Waals surface area (Å²) in [6, 6.07) is 8.29. The molecule has 0 bridgehead atoms. The average molecular weight is 295 g/mol. The van der Waals surface area contributed by atoms with Crippen molar-refractivity contribution >= 4 is 10.0 Å². The smallest absolute Gasteiger partial charge is 0.217 e. The molecule has 0 unspecified atom stereocenters. The number of rotatable bonds is 4. The summed E-state index contributed by atoms with van der Waals surface area (Å²) in [4.78, 5) is 0. The van der Waals surface area contributed by atoms with Gasteiger partial charge in [-0.25, -0.2) is 8.42 Å². The minimum atomic E-state index is -3.09. The van der Waals surface area contributed by atoms with Gasteiger partial charge in [-0.2, -0.15) is 4.31 Å². The molecule has 2 fully saturated rings. The summed E-state index contributed by atoms with van der Waals surface area (Å²) >= 11 is 0. The van der Waals surface area contributed by atoms with Crippen LogP contribution in [0.15, 0.2) is 24.3 Å². The largest absolute Gasteiger partial charge is 0.371 e. The molecule has 1 saturated carbocycles. The van der Waals surface area contributed by atoms with E-state index in [1.54, 1.807) is 4.31 Å². The Morgan fingerprint density at radius 1 is 1.25 bits per heavy atom. The van der Waals surface area contributed by atoms with Crippen LogP contribution in [0.25, 0.3) is 0 Å². The van der Waals surface area contributed by atoms with Crippen LogP contribution in [0.4, 0.5) is 0 Å². The monoisotopic (exact) mass is 295 g/mol. The van der Waals surface area contributed by atoms with Gasteiger partial charge < -0.3 is 4.74 Å². The van der Waals surface area contributed by atoms with Crippen molar-refractivity contribution in [3.63, 3.8) is 0 Å². The van der Waals surface area contributed by atoms with Crippen molar-refractivity contribution in [3.05, 3.63) is 35.4 Å². The second-order valence-corrected chi connectivity index (χ2v) is 7.77. The van der Waals surface area contributed by atoms with Crippen LogP contribution in [-0.4, -0.2) is 37.7 Å². The van der Waals surface area contributed by atoms with E-state index in [1.165, 1.54) is 5.56 Å². The second kappa shape index (κ2) is 5.47. The summed E-state index contributed by atoms with van der Waals surface area (Å²) < 4.78 is 32.0. The molecule has 1 heterocycles. The van der Waals surface area contributed by atoms with Crippen LogP contribution < -0.4 is 0 Å². The maximum absolute atomic E-state index is 12.3. The first-order chi connectivity index (χ1) is 9.61. The fourth-order valence-corrected chi connectivity index (χ4v) is 4.43. The van der Waals surface area contributed by atoms with Gasteiger partial charge in [-0.05, 0) is 30.4 Å². The summed E-state index contributed by atoms with van der Waals surface area (Å²) in [5.74, 6) is 0. The molecule has 110 valence electrons. The van der Waals surface area contributed by atoms with E-state index in [9.17, 15) is 8.42 Å². The Bertz CT molecular complexity index is 563. The summed E-state index contributed by atoms with van der Waals surface area (Å²) in [6.45, 7) is 3.54. The molecule has 1 atom stereocenters. The molecule has 1 aliphatic carbocycles. The molecule has 4 nitrogen and oxygen atoms in total. The van der Waals surface area contributed by atoms with Crippen LogP contribution in [-0.2, 0) is 21.2 Å². The Hall–Kier alpha value is -0.910. The lowest BCUT2D eigenvalue weighted by Gasteiger charge is -2.32. The third-order valence-corrected chi connectivity index (χ3v) is 6.46. The van der Waals surface area contributed by atoms with E-state index in [-0.39, 0.29) is 11.4 Å². The quantitative estimate of drug-likeness (QED) is 0.855. The molecule has 0 amide bonds. The Morgan fingerprint density at radius 3 is 2.55 bits per heavy atom. The summed E-state index contributed by atoms with van der Waals surface area (Å²) in [7, 11) is -3.09. The highest BCUT2D eigenvalue weighted by atomic mass is 32.2. The molecule has 1 aliphatic heterocycles. The van der Waals surface area contributed by atoms with E-state index in [2.05, 4.69) is 31.2 Å². The average Bonchev–Trinajstić information content (AvgIpc) is 3.33. The summed E-state index contributed by atoms with van der Waals surface area (Å²) in [5.41, 5.74) is 2.35. The number of hydrogen-bond acceptors (Lipinski definition) is 3. The molecule has 20 heavy (non-hydrogen) atoms. The van der Waals surface area contributed by atoms with E-state index < -0.39 is 10.0 Å². The topological polar surface area (TPSA) is 46.6 Å². The Kier molecular flexibility index (Phi) is 3.84. The Morgan fingerprint density at radius 2 is 1.95 bits per heavy atom. The van der Waals surface area contributed by atoms with Crippen molar-refractivity contribution in [2.45, 2.75) is 37.5 Å². The minimum Gasteiger partial charge on any atom is -0.371 e. The number of morpholine rings is 1. The van der Waals surface area contributed by atoms with Crippen molar-refractivity contribution in [3.8, 4) is 0 Å². The van der Waals surface area contributed by atoms with Crippen molar-refractivity contribution < 1.29 is 13.2 Å². The molecular weight excluding hydrogens is 274 g/mol. The van der Waals surface area contributed by atoms with Gasteiger partial charge in [0, 0.05) is 13.1 Å². The van der Waals surface area contributed by atoms with Crippen LogP contribution in [0.5, 0.6) is 0 Å². The summed E-state index contributed by atoms with van der Waals surface area (Å²) in [5, 5.41) is -0.135. The van der Waals surface area contributed by atoms with Crippen LogP contribution in [0, 0.1) is 0 Å². The van der Waals surface area contributed by atoms with Gasteiger partial charge in [0.05, 0.1) is 18.0 Å². The first-order valence-corrected chi connectivity index (χ1v) is 8.81. The molecule has 0 N–H and O–H groups in total. The van der Waals surface area contributed by atoms with Crippen molar-refractivity contribution in [1.29, 1.82) is 0 Å². The molecule has 5 heteroatoms. The van der Waals surface area contributed by atoms with Gasteiger partial charge in [-0.1, -0.05) is 31.2 Å². The lowest BCUT2D eigenvalue weighted by atomic mass is 10.1. The molecule has 1 aromatic carbocycles. The Balaban J connectivity index is 1.74. The number of hydrogen-bond donors (Lipinski definition) is 0. The van der Waals surface area contributed by atoms with Crippen LogP contribution in [0.1, 0.15) is 37.0 Å². The number of nitrogens with zero attached hydrogens (tertiary/aromatic N) is 1. The number of sulfonamides is 1. The maximum atomic E-state index is 12.3. The Labute approximate surface area is 120 Å². The fraction of sp³-hybridized carbons (Fsp3) is 0.600. The minimum absolute atomic E-state index is 0.135. The van der Waals surface area contributed by atoms with Gasteiger partial charge in [0.2, 0.25) is 10.0 Å². The third-order valence-electron chi connectivity index (χ3n) is 4.09. The zero-order valence-electron chi connectivity index (χ0n) is 11.8. The molecule has 0 radical (unpaired) electrons. The zero-order chi connectivity index (χ0) is 14.2. The molecule has 3 rings (SSSR count). The molecule has 2 aliphatic rings. The normalized spacial score (nSPS) is 24.8. The fourth-order valence-electron chi connectivity index (χ4n) is 2.60. The molecule has 0 spiro atoms. The third kappa shape index (κ3) is 2.75. The van der Waals surface area contributed by atoms with E-state index in [1.807, 2.05) is 0 Å². The molecule has 1 aromatic rings. The van der Waals surface area contributed by atoms with Gasteiger partial charge in [-0.15, -0.1) is 0 Å². The van der Waals surface area contributed by atoms with Crippen LogP contribution >= 0.6 is 0 Å². The lowest BCUT2D eigenvalue weighted by Crippen LogP contribution is -2.43. The van der Waals surface area contributed by atoms with Crippen molar-refractivity contribution in [2.75, 3.05) is 19.7 Å². The van der Waals surface area contributed by atoms with E-state index in [0.29, 0.717) is 19.7 Å². The maximum Gasteiger partial charge on any atom is 0.217 e. The standard InChI is InChI=1S/C15H21NO3S/c1-2-12-3-5-13(6-4-12)15-11-16(9-10-19-15)20(17,18)14-7-8-14/h3-6,14-15H,2,7-11H2,1H3/t15-/m1/s1. The van der Waals surface area contributed by atoms with Crippen LogP contribution in [0.3, 0.4) is 0 Å². The van der Waals surface area contributed by atoms with Crippen molar-refractivity contribution in [1.82, 2.24) is 4.31 Å². The predicted octanol–water partition coefficient (Wildman–Crippen LogP) is 2.11. The molecule has 0 aromatic heterocycles. The van der Waals surface area contributed by atoms with Gasteiger partial charge in [0.25, 0.3) is 0 Å². The highest BCUT2D eigenvalue weighted by molar-refractivity contribution is 7.90. The van der Waals surface area contributed by atoms with Crippen molar-refractivity contribution in [2.24, 2.45) is 0 Å². The number of benzene rings is 1. The SMILES string of the molecule is CCc1ccc([C@H]2CN(S(=O)(=O)C3CC3)CCO2)cc1. The van der Waals surface area contributed by atoms with Gasteiger partial charge in [-0.3, -0.25) is 0 Å². The van der Waals surface area contributed by atoms with Gasteiger partial charge in [0.1, 0.15) is 0 Å². The summed E-state index contributed by atoms with van der Waals surface area (Å²) in [6.07, 6.45) is 2.50. The second-order valence-electron chi connectivity index (χ2n) is 5.56. The predicted molar refractivity (Wildman–Crippen MR) is 78.0 cm³/mol. The van der Waals surface area contributed by atoms with E-state index >= 15 is 0 Å². The van der Waals surface area contributed by atoms with Gasteiger partial charge in [0.15, 0.2) is 0 Å². The lowest BCUT2D eigenvalue weighted by molar-refractivity contribution is -0.00260. The van der Waals surface area contributed by atoms with E-state index in [4.69, 9.17) is 4.74 Å². The van der Waals surface area contributed by atoms with E-state index in [0.717, 1.165) is 24.8 Å². The number of aryl methyl sites for hydroxylation is 1. The first-order valence-electron chi connectivity index (χ1n) is 7.30. The van der Waals surface area contributed by atoms with Gasteiger partial charge >= 0.3 is 0 Å². The number of ether oxygens (including phenoxy) is 1. The molecular formula is C15H21NO3S. The van der Waals surface area contributed by atoms with Crippen LogP contribution in [0.2, 0.25) is 0 Å².